The molecule has 0 spiro atoms. The molecule has 1 unspecified atom stereocenters. The molecule has 0 aliphatic rings. The van der Waals surface area contributed by atoms with Crippen molar-refractivity contribution in [3.63, 3.8) is 0 Å². The van der Waals surface area contributed by atoms with Gasteiger partial charge in [0, 0.05) is 12.2 Å². The van der Waals surface area contributed by atoms with E-state index in [4.69, 9.17) is 9.47 Å². The molecular weight excluding hydrogens is 240 g/mol. The minimum atomic E-state index is -0.373. The van der Waals surface area contributed by atoms with E-state index in [-0.39, 0.29) is 23.9 Å². The molecule has 1 aromatic carbocycles. The van der Waals surface area contributed by atoms with Gasteiger partial charge in [0.2, 0.25) is 0 Å². The van der Waals surface area contributed by atoms with E-state index in [0.717, 1.165) is 5.75 Å². The molecule has 0 radical (unpaired) electrons. The van der Waals surface area contributed by atoms with Gasteiger partial charge in [-0.15, -0.1) is 0 Å². The standard InChI is InChI=1S/C16H24O3/c1-6-18-16(11(2)3)15(17)13-7-9-14(10-8-13)19-12(4)5/h7-12,16H,6H2,1-5H3. The summed E-state index contributed by atoms with van der Waals surface area (Å²) in [5, 5.41) is 0. The second-order valence-electron chi connectivity index (χ2n) is 5.18. The number of hydrogen-bond donors (Lipinski definition) is 0. The summed E-state index contributed by atoms with van der Waals surface area (Å²) in [5.41, 5.74) is 0.670. The van der Waals surface area contributed by atoms with Crippen LogP contribution in [0.2, 0.25) is 0 Å². The van der Waals surface area contributed by atoms with Gasteiger partial charge in [-0.1, -0.05) is 13.8 Å². The van der Waals surface area contributed by atoms with Crippen LogP contribution in [0.3, 0.4) is 0 Å². The van der Waals surface area contributed by atoms with Crippen molar-refractivity contribution < 1.29 is 14.3 Å². The van der Waals surface area contributed by atoms with E-state index in [1.165, 1.54) is 0 Å². The van der Waals surface area contributed by atoms with Crippen LogP contribution in [-0.2, 0) is 4.74 Å². The first-order valence-corrected chi connectivity index (χ1v) is 6.88. The fourth-order valence-electron chi connectivity index (χ4n) is 1.88. The molecule has 0 aromatic heterocycles. The number of Topliss-reactive ketones (excluding diaryl/α,β-unsaturated/α-hetero) is 1. The highest BCUT2D eigenvalue weighted by Gasteiger charge is 2.23. The normalized spacial score (nSPS) is 12.8. The molecule has 0 saturated carbocycles. The Hall–Kier alpha value is -1.35. The average molecular weight is 264 g/mol. The number of ketones is 1. The first kappa shape index (κ1) is 15.7. The van der Waals surface area contributed by atoms with Gasteiger partial charge < -0.3 is 9.47 Å². The minimum Gasteiger partial charge on any atom is -0.491 e. The molecule has 106 valence electrons. The first-order valence-electron chi connectivity index (χ1n) is 6.88. The van der Waals surface area contributed by atoms with Crippen molar-refractivity contribution in [1.29, 1.82) is 0 Å². The van der Waals surface area contributed by atoms with Gasteiger partial charge in [-0.3, -0.25) is 4.79 Å². The van der Waals surface area contributed by atoms with E-state index in [1.54, 1.807) is 12.1 Å². The Bertz CT molecular complexity index is 393. The first-order chi connectivity index (χ1) is 8.95. The molecule has 1 rings (SSSR count). The molecule has 19 heavy (non-hydrogen) atoms. The molecular formula is C16H24O3. The minimum absolute atomic E-state index is 0.0351. The van der Waals surface area contributed by atoms with Crippen molar-refractivity contribution in [2.24, 2.45) is 5.92 Å². The van der Waals surface area contributed by atoms with Gasteiger partial charge in [-0.2, -0.15) is 0 Å². The molecule has 0 bridgehead atoms. The predicted molar refractivity (Wildman–Crippen MR) is 76.8 cm³/mol. The van der Waals surface area contributed by atoms with E-state index < -0.39 is 0 Å². The quantitative estimate of drug-likeness (QED) is 0.704. The van der Waals surface area contributed by atoms with Crippen LogP contribution >= 0.6 is 0 Å². The van der Waals surface area contributed by atoms with Crippen molar-refractivity contribution >= 4 is 5.78 Å². The maximum absolute atomic E-state index is 12.3. The van der Waals surface area contributed by atoms with Gasteiger partial charge in [0.1, 0.15) is 11.9 Å². The third-order valence-electron chi connectivity index (χ3n) is 2.72. The lowest BCUT2D eigenvalue weighted by Gasteiger charge is -2.19. The summed E-state index contributed by atoms with van der Waals surface area (Å²) in [7, 11) is 0. The van der Waals surface area contributed by atoms with Crippen LogP contribution in [0.1, 0.15) is 45.0 Å². The predicted octanol–water partition coefficient (Wildman–Crippen LogP) is 3.72. The molecule has 1 aromatic rings. The monoisotopic (exact) mass is 264 g/mol. The van der Waals surface area contributed by atoms with Crippen molar-refractivity contribution in [3.8, 4) is 5.75 Å². The lowest BCUT2D eigenvalue weighted by molar-refractivity contribution is 0.0279. The van der Waals surface area contributed by atoms with Crippen molar-refractivity contribution in [2.45, 2.75) is 46.8 Å². The molecule has 1 atom stereocenters. The number of rotatable bonds is 7. The van der Waals surface area contributed by atoms with Crippen LogP contribution < -0.4 is 4.74 Å². The molecule has 0 saturated heterocycles. The van der Waals surface area contributed by atoms with Gasteiger partial charge in [-0.25, -0.2) is 0 Å². The van der Waals surface area contributed by atoms with E-state index in [9.17, 15) is 4.79 Å². The number of benzene rings is 1. The zero-order valence-electron chi connectivity index (χ0n) is 12.5. The zero-order valence-corrected chi connectivity index (χ0v) is 12.5. The highest BCUT2D eigenvalue weighted by molar-refractivity contribution is 5.99. The maximum Gasteiger partial charge on any atom is 0.191 e. The fourth-order valence-corrected chi connectivity index (χ4v) is 1.88. The Morgan fingerprint density at radius 2 is 1.68 bits per heavy atom. The van der Waals surface area contributed by atoms with Gasteiger partial charge in [0.25, 0.3) is 0 Å². The number of hydrogen-bond acceptors (Lipinski definition) is 3. The zero-order chi connectivity index (χ0) is 14.4. The maximum atomic E-state index is 12.3. The molecule has 0 N–H and O–H groups in total. The summed E-state index contributed by atoms with van der Waals surface area (Å²) in [6.45, 7) is 10.4. The second kappa shape index (κ2) is 7.29. The van der Waals surface area contributed by atoms with E-state index >= 15 is 0 Å². The summed E-state index contributed by atoms with van der Waals surface area (Å²) >= 11 is 0. The van der Waals surface area contributed by atoms with Gasteiger partial charge in [-0.05, 0) is 51.0 Å². The van der Waals surface area contributed by atoms with Gasteiger partial charge in [0.05, 0.1) is 6.10 Å². The lowest BCUT2D eigenvalue weighted by Crippen LogP contribution is -2.29. The Labute approximate surface area is 115 Å². The Morgan fingerprint density at radius 3 is 2.11 bits per heavy atom. The summed E-state index contributed by atoms with van der Waals surface area (Å²) in [4.78, 5) is 12.3. The van der Waals surface area contributed by atoms with E-state index in [0.29, 0.717) is 12.2 Å². The summed E-state index contributed by atoms with van der Waals surface area (Å²) in [6.07, 6.45) is -0.241. The van der Waals surface area contributed by atoms with Gasteiger partial charge >= 0.3 is 0 Å². The molecule has 0 fully saturated rings. The SMILES string of the molecule is CCOC(C(=O)c1ccc(OC(C)C)cc1)C(C)C. The second-order valence-corrected chi connectivity index (χ2v) is 5.18. The number of ether oxygens (including phenoxy) is 2. The molecule has 0 amide bonds. The highest BCUT2D eigenvalue weighted by atomic mass is 16.5. The lowest BCUT2D eigenvalue weighted by atomic mass is 9.97. The molecule has 0 aliphatic heterocycles. The molecule has 0 aliphatic carbocycles. The van der Waals surface area contributed by atoms with Crippen molar-refractivity contribution in [3.05, 3.63) is 29.8 Å². The van der Waals surface area contributed by atoms with E-state index in [2.05, 4.69) is 0 Å². The average Bonchev–Trinajstić information content (AvgIpc) is 2.35. The smallest absolute Gasteiger partial charge is 0.191 e. The summed E-state index contributed by atoms with van der Waals surface area (Å²) < 4.78 is 11.1. The van der Waals surface area contributed by atoms with Crippen molar-refractivity contribution in [2.75, 3.05) is 6.61 Å². The highest BCUT2D eigenvalue weighted by Crippen LogP contribution is 2.18. The fraction of sp³-hybridized carbons (Fsp3) is 0.562. The summed E-state index contributed by atoms with van der Waals surface area (Å²) in [6, 6.07) is 7.26. The Balaban J connectivity index is 2.81. The largest absolute Gasteiger partial charge is 0.491 e. The van der Waals surface area contributed by atoms with Crippen LogP contribution in [0.25, 0.3) is 0 Å². The van der Waals surface area contributed by atoms with Crippen LogP contribution in [0.4, 0.5) is 0 Å². The van der Waals surface area contributed by atoms with Crippen LogP contribution in [0, 0.1) is 5.92 Å². The van der Waals surface area contributed by atoms with Crippen LogP contribution in [0.5, 0.6) is 5.75 Å². The molecule has 3 heteroatoms. The van der Waals surface area contributed by atoms with Crippen LogP contribution in [0.15, 0.2) is 24.3 Å². The molecule has 0 heterocycles. The number of carbonyl (C=O) groups excluding carboxylic acids is 1. The third-order valence-corrected chi connectivity index (χ3v) is 2.72. The van der Waals surface area contributed by atoms with Gasteiger partial charge in [0.15, 0.2) is 5.78 Å². The topological polar surface area (TPSA) is 35.5 Å². The Morgan fingerprint density at radius 1 is 1.11 bits per heavy atom. The number of carbonyl (C=O) groups is 1. The summed E-state index contributed by atoms with van der Waals surface area (Å²) in [5.74, 6) is 0.982. The van der Waals surface area contributed by atoms with Crippen LogP contribution in [-0.4, -0.2) is 24.6 Å². The Kier molecular flexibility index (Phi) is 6.03. The van der Waals surface area contributed by atoms with E-state index in [1.807, 2.05) is 46.8 Å². The third kappa shape index (κ3) is 4.67. The van der Waals surface area contributed by atoms with Crippen molar-refractivity contribution in [1.82, 2.24) is 0 Å². The molecule has 3 nitrogen and oxygen atoms in total.